The van der Waals surface area contributed by atoms with Gasteiger partial charge in [0.05, 0.1) is 31.6 Å². The summed E-state index contributed by atoms with van der Waals surface area (Å²) < 4.78 is 21.9. The first-order chi connectivity index (χ1) is 17.2. The molecule has 2 bridgehead atoms. The summed E-state index contributed by atoms with van der Waals surface area (Å²) in [4.78, 5) is 38.5. The van der Waals surface area contributed by atoms with E-state index in [1.54, 1.807) is 29.3 Å². The Hall–Kier alpha value is -3.44. The van der Waals surface area contributed by atoms with Gasteiger partial charge < -0.3 is 23.8 Å². The second-order valence-corrected chi connectivity index (χ2v) is 9.67. The number of amides is 2. The van der Waals surface area contributed by atoms with Gasteiger partial charge in [-0.05, 0) is 57.4 Å². The highest BCUT2D eigenvalue weighted by atomic mass is 16.7. The fourth-order valence-electron chi connectivity index (χ4n) is 4.96. The second kappa shape index (κ2) is 9.55. The summed E-state index contributed by atoms with van der Waals surface area (Å²) in [5.74, 6) is 0.267. The molecule has 5 rings (SSSR count). The van der Waals surface area contributed by atoms with Crippen LogP contribution in [-0.4, -0.2) is 73.3 Å². The van der Waals surface area contributed by atoms with E-state index in [1.807, 2.05) is 20.8 Å². The summed E-state index contributed by atoms with van der Waals surface area (Å²) in [7, 11) is 1.32. The molecule has 36 heavy (non-hydrogen) atoms. The van der Waals surface area contributed by atoms with Crippen LogP contribution in [0.2, 0.25) is 0 Å². The van der Waals surface area contributed by atoms with Crippen LogP contribution in [0.3, 0.4) is 0 Å². The van der Waals surface area contributed by atoms with Crippen LogP contribution in [0.5, 0.6) is 5.75 Å². The Morgan fingerprint density at radius 3 is 2.83 bits per heavy atom. The summed E-state index contributed by atoms with van der Waals surface area (Å²) in [5.41, 5.74) is 1.91. The molecule has 2 fully saturated rings. The normalized spacial score (nSPS) is 22.1. The molecule has 0 spiro atoms. The van der Waals surface area contributed by atoms with Gasteiger partial charge in [-0.15, -0.1) is 0 Å². The molecule has 3 aliphatic rings. The topological polar surface area (TPSA) is 115 Å². The number of rotatable bonds is 5. The Bertz CT molecular complexity index is 1150. The Morgan fingerprint density at radius 2 is 2.14 bits per heavy atom. The number of urea groups is 1. The maximum Gasteiger partial charge on any atom is 0.356 e. The SMILES string of the molecule is COC(=O)c1cc(C)c2c(n1)N(C(=O)Nc1ccc(OCC3COC(C)(C)O3)cn1)[C@H]1CCCN2C1. The third-order valence-electron chi connectivity index (χ3n) is 6.56. The highest BCUT2D eigenvalue weighted by molar-refractivity contribution is 6.05. The van der Waals surface area contributed by atoms with E-state index in [4.69, 9.17) is 18.9 Å². The number of carbonyl (C=O) groups excluding carboxylic acids is 2. The van der Waals surface area contributed by atoms with Gasteiger partial charge in [0.2, 0.25) is 0 Å². The number of nitrogens with zero attached hydrogens (tertiary/aromatic N) is 4. The van der Waals surface area contributed by atoms with Crippen molar-refractivity contribution in [3.63, 3.8) is 0 Å². The van der Waals surface area contributed by atoms with Crippen LogP contribution in [0.4, 0.5) is 22.1 Å². The van der Waals surface area contributed by atoms with E-state index in [0.29, 0.717) is 37.1 Å². The lowest BCUT2D eigenvalue weighted by Crippen LogP contribution is -2.56. The van der Waals surface area contributed by atoms with Crippen LogP contribution in [0.25, 0.3) is 0 Å². The third kappa shape index (κ3) is 4.80. The maximum absolute atomic E-state index is 13.5. The predicted molar refractivity (Wildman–Crippen MR) is 132 cm³/mol. The number of piperidine rings is 1. The number of nitrogens with one attached hydrogen (secondary N) is 1. The third-order valence-corrected chi connectivity index (χ3v) is 6.56. The first kappa shape index (κ1) is 24.3. The molecule has 11 nitrogen and oxygen atoms in total. The van der Waals surface area contributed by atoms with Gasteiger partial charge in [0, 0.05) is 13.1 Å². The summed E-state index contributed by atoms with van der Waals surface area (Å²) in [6.45, 7) is 8.06. The molecule has 5 heterocycles. The number of aryl methyl sites for hydroxylation is 1. The Kier molecular flexibility index (Phi) is 6.44. The van der Waals surface area contributed by atoms with Crippen molar-refractivity contribution in [3.8, 4) is 5.75 Å². The molecule has 2 atom stereocenters. The molecule has 2 aromatic rings. The van der Waals surface area contributed by atoms with Crippen LogP contribution in [0, 0.1) is 6.92 Å². The van der Waals surface area contributed by atoms with Gasteiger partial charge in [0.1, 0.15) is 24.3 Å². The molecule has 0 aliphatic carbocycles. The number of hydrogen-bond donors (Lipinski definition) is 1. The van der Waals surface area contributed by atoms with Gasteiger partial charge in [-0.1, -0.05) is 0 Å². The summed E-state index contributed by atoms with van der Waals surface area (Å²) in [6.07, 6.45) is 3.21. The monoisotopic (exact) mass is 497 g/mol. The number of pyridine rings is 2. The van der Waals surface area contributed by atoms with Crippen LogP contribution < -0.4 is 19.9 Å². The fourth-order valence-corrected chi connectivity index (χ4v) is 4.96. The van der Waals surface area contributed by atoms with Crippen molar-refractivity contribution >= 4 is 29.3 Å². The van der Waals surface area contributed by atoms with E-state index < -0.39 is 11.8 Å². The van der Waals surface area contributed by atoms with Crippen LogP contribution in [0.1, 0.15) is 42.7 Å². The minimum atomic E-state index is -0.603. The van der Waals surface area contributed by atoms with E-state index in [1.165, 1.54) is 7.11 Å². The van der Waals surface area contributed by atoms with E-state index in [-0.39, 0.29) is 23.9 Å². The molecule has 2 saturated heterocycles. The molecule has 0 aromatic carbocycles. The maximum atomic E-state index is 13.5. The lowest BCUT2D eigenvalue weighted by atomic mass is 9.98. The second-order valence-electron chi connectivity index (χ2n) is 9.67. The minimum Gasteiger partial charge on any atom is -0.489 e. The Labute approximate surface area is 209 Å². The molecule has 2 aromatic heterocycles. The van der Waals surface area contributed by atoms with E-state index in [9.17, 15) is 9.59 Å². The van der Waals surface area contributed by atoms with Crippen molar-refractivity contribution in [2.24, 2.45) is 0 Å². The quantitative estimate of drug-likeness (QED) is 0.622. The molecule has 1 unspecified atom stereocenters. The zero-order chi connectivity index (χ0) is 25.4. The zero-order valence-electron chi connectivity index (χ0n) is 20.9. The molecule has 11 heteroatoms. The number of aromatic nitrogens is 2. The predicted octanol–water partition coefficient (Wildman–Crippen LogP) is 3.12. The van der Waals surface area contributed by atoms with Crippen molar-refractivity contribution < 1.29 is 28.5 Å². The van der Waals surface area contributed by atoms with Gasteiger partial charge in [-0.3, -0.25) is 10.2 Å². The number of esters is 1. The minimum absolute atomic E-state index is 0.0634. The highest BCUT2D eigenvalue weighted by Crippen LogP contribution is 2.40. The number of fused-ring (bicyclic) bond motifs is 4. The van der Waals surface area contributed by atoms with Crippen molar-refractivity contribution in [1.29, 1.82) is 0 Å². The first-order valence-electron chi connectivity index (χ1n) is 12.1. The van der Waals surface area contributed by atoms with E-state index in [2.05, 4.69) is 20.2 Å². The summed E-state index contributed by atoms with van der Waals surface area (Å²) in [5, 5.41) is 2.87. The summed E-state index contributed by atoms with van der Waals surface area (Å²) in [6, 6.07) is 4.72. The van der Waals surface area contributed by atoms with Crippen molar-refractivity contribution in [2.45, 2.75) is 51.5 Å². The largest absolute Gasteiger partial charge is 0.489 e. The van der Waals surface area contributed by atoms with Gasteiger partial charge in [0.25, 0.3) is 0 Å². The average molecular weight is 498 g/mol. The number of hydrogen-bond acceptors (Lipinski definition) is 9. The van der Waals surface area contributed by atoms with Gasteiger partial charge in [0.15, 0.2) is 17.3 Å². The van der Waals surface area contributed by atoms with Crippen molar-refractivity contribution in [3.05, 3.63) is 35.7 Å². The highest BCUT2D eigenvalue weighted by Gasteiger charge is 2.40. The molecule has 192 valence electrons. The molecular weight excluding hydrogens is 466 g/mol. The van der Waals surface area contributed by atoms with Crippen LogP contribution in [0.15, 0.2) is 24.4 Å². The van der Waals surface area contributed by atoms with Gasteiger partial charge >= 0.3 is 12.0 Å². The van der Waals surface area contributed by atoms with Gasteiger partial charge in [-0.2, -0.15) is 0 Å². The number of carbonyl (C=O) groups is 2. The first-order valence-corrected chi connectivity index (χ1v) is 12.1. The smallest absolute Gasteiger partial charge is 0.356 e. The van der Waals surface area contributed by atoms with Crippen molar-refractivity contribution in [2.75, 3.05) is 48.5 Å². The Morgan fingerprint density at radius 1 is 1.31 bits per heavy atom. The lowest BCUT2D eigenvalue weighted by molar-refractivity contribution is -0.141. The van der Waals surface area contributed by atoms with Crippen molar-refractivity contribution in [1.82, 2.24) is 9.97 Å². The molecular formula is C25H31N5O6. The van der Waals surface area contributed by atoms with E-state index in [0.717, 1.165) is 30.6 Å². The molecule has 2 amide bonds. The van der Waals surface area contributed by atoms with Crippen LogP contribution in [-0.2, 0) is 14.2 Å². The molecule has 3 aliphatic heterocycles. The Balaban J connectivity index is 1.31. The van der Waals surface area contributed by atoms with Crippen LogP contribution >= 0.6 is 0 Å². The molecule has 0 radical (unpaired) electrons. The van der Waals surface area contributed by atoms with Gasteiger partial charge in [-0.25, -0.2) is 19.6 Å². The van der Waals surface area contributed by atoms with E-state index >= 15 is 0 Å². The average Bonchev–Trinajstić information content (AvgIpc) is 3.21. The lowest BCUT2D eigenvalue weighted by Gasteiger charge is -2.46. The molecule has 1 N–H and O–H groups in total. The molecule has 0 saturated carbocycles. The number of anilines is 3. The standard InChI is InChI=1S/C25H31N5O6/c1-15-10-19(23(31)33-4)27-22-21(15)29-9-5-6-16(12-29)30(22)24(32)28-20-8-7-17(11-26-20)34-13-18-14-35-25(2,3)36-18/h7-8,10-11,16,18H,5-6,9,12-14H2,1-4H3,(H,26,28,32)/t16-,18?/m0/s1. The number of ether oxygens (including phenoxy) is 4. The number of methoxy groups -OCH3 is 1. The fraction of sp³-hybridized carbons (Fsp3) is 0.520. The zero-order valence-corrected chi connectivity index (χ0v) is 20.9. The summed E-state index contributed by atoms with van der Waals surface area (Å²) >= 11 is 0.